The van der Waals surface area contributed by atoms with Gasteiger partial charge in [0.1, 0.15) is 0 Å². The predicted molar refractivity (Wildman–Crippen MR) is 88.5 cm³/mol. The molecular weight excluding hydrogens is 260 g/mol. The van der Waals surface area contributed by atoms with E-state index in [1.54, 1.807) is 0 Å². The Morgan fingerprint density at radius 1 is 1.24 bits per heavy atom. The van der Waals surface area contributed by atoms with Crippen molar-refractivity contribution in [2.45, 2.75) is 65.0 Å². The molecule has 0 aliphatic heterocycles. The van der Waals surface area contributed by atoms with E-state index in [1.807, 2.05) is 19.1 Å². The highest BCUT2D eigenvalue weighted by Gasteiger charge is 2.24. The van der Waals surface area contributed by atoms with Crippen LogP contribution in [-0.2, 0) is 11.2 Å². The number of amides is 1. The highest BCUT2D eigenvalue weighted by atomic mass is 16.2. The van der Waals surface area contributed by atoms with Gasteiger partial charge in [-0.2, -0.15) is 0 Å². The average molecular weight is 288 g/mol. The number of nitrogens with one attached hydrogen (secondary N) is 2. The second-order valence-electron chi connectivity index (χ2n) is 6.30. The Labute approximate surface area is 128 Å². The highest BCUT2D eigenvalue weighted by molar-refractivity contribution is 5.94. The molecule has 0 bridgehead atoms. The third kappa shape index (κ3) is 4.57. The SMILES string of the molecule is CCc1ccc(NC(=O)C(C)NC2CCCCC2C)cc1. The van der Waals surface area contributed by atoms with Gasteiger partial charge in [0, 0.05) is 11.7 Å². The first kappa shape index (κ1) is 16.0. The Morgan fingerprint density at radius 2 is 1.90 bits per heavy atom. The van der Waals surface area contributed by atoms with Gasteiger partial charge in [-0.15, -0.1) is 0 Å². The van der Waals surface area contributed by atoms with Crippen molar-refractivity contribution in [2.24, 2.45) is 5.92 Å². The zero-order chi connectivity index (χ0) is 15.2. The van der Waals surface area contributed by atoms with Crippen LogP contribution in [0.25, 0.3) is 0 Å². The number of rotatable bonds is 5. The van der Waals surface area contributed by atoms with E-state index in [1.165, 1.54) is 31.2 Å². The number of anilines is 1. The van der Waals surface area contributed by atoms with E-state index in [9.17, 15) is 4.79 Å². The minimum atomic E-state index is -0.151. The molecule has 2 rings (SSSR count). The zero-order valence-electron chi connectivity index (χ0n) is 13.5. The molecule has 21 heavy (non-hydrogen) atoms. The quantitative estimate of drug-likeness (QED) is 0.866. The van der Waals surface area contributed by atoms with Crippen molar-refractivity contribution in [1.29, 1.82) is 0 Å². The second kappa shape index (κ2) is 7.60. The van der Waals surface area contributed by atoms with Crippen LogP contribution < -0.4 is 10.6 Å². The molecule has 0 heterocycles. The maximum Gasteiger partial charge on any atom is 0.241 e. The normalized spacial score (nSPS) is 23.6. The number of hydrogen-bond acceptors (Lipinski definition) is 2. The Balaban J connectivity index is 1.86. The number of benzene rings is 1. The molecule has 3 unspecified atom stereocenters. The summed E-state index contributed by atoms with van der Waals surface area (Å²) in [5.41, 5.74) is 2.16. The fourth-order valence-electron chi connectivity index (χ4n) is 3.03. The lowest BCUT2D eigenvalue weighted by Gasteiger charge is -2.31. The molecule has 1 amide bonds. The van der Waals surface area contributed by atoms with Crippen LogP contribution in [0.15, 0.2) is 24.3 Å². The van der Waals surface area contributed by atoms with Gasteiger partial charge in [0.25, 0.3) is 0 Å². The summed E-state index contributed by atoms with van der Waals surface area (Å²) in [5, 5.41) is 6.50. The van der Waals surface area contributed by atoms with Crippen LogP contribution in [0.5, 0.6) is 0 Å². The Kier molecular flexibility index (Phi) is 5.80. The standard InChI is InChI=1S/C18H28N2O/c1-4-15-9-11-16(12-10-15)20-18(21)14(3)19-17-8-6-5-7-13(17)2/h9-14,17,19H,4-8H2,1-3H3,(H,20,21). The molecule has 1 aromatic rings. The molecule has 1 aliphatic carbocycles. The van der Waals surface area contributed by atoms with Crippen LogP contribution in [0, 0.1) is 5.92 Å². The molecule has 1 aromatic carbocycles. The lowest BCUT2D eigenvalue weighted by atomic mass is 9.85. The van der Waals surface area contributed by atoms with Gasteiger partial charge in [-0.05, 0) is 49.8 Å². The first-order valence-electron chi connectivity index (χ1n) is 8.26. The molecular formula is C18H28N2O. The zero-order valence-corrected chi connectivity index (χ0v) is 13.5. The van der Waals surface area contributed by atoms with Gasteiger partial charge in [0.05, 0.1) is 6.04 Å². The van der Waals surface area contributed by atoms with Crippen LogP contribution in [0.4, 0.5) is 5.69 Å². The molecule has 0 aromatic heterocycles. The molecule has 3 nitrogen and oxygen atoms in total. The first-order chi connectivity index (χ1) is 10.1. The van der Waals surface area contributed by atoms with Crippen molar-refractivity contribution < 1.29 is 4.79 Å². The van der Waals surface area contributed by atoms with E-state index in [4.69, 9.17) is 0 Å². The van der Waals surface area contributed by atoms with Crippen molar-refractivity contribution in [2.75, 3.05) is 5.32 Å². The molecule has 3 heteroatoms. The topological polar surface area (TPSA) is 41.1 Å². The van der Waals surface area contributed by atoms with Gasteiger partial charge in [-0.1, -0.05) is 38.8 Å². The summed E-state index contributed by atoms with van der Waals surface area (Å²) in [6, 6.07) is 8.41. The van der Waals surface area contributed by atoms with Crippen molar-refractivity contribution >= 4 is 11.6 Å². The maximum absolute atomic E-state index is 12.3. The van der Waals surface area contributed by atoms with Crippen LogP contribution >= 0.6 is 0 Å². The van der Waals surface area contributed by atoms with Gasteiger partial charge in [0.15, 0.2) is 0 Å². The maximum atomic E-state index is 12.3. The first-order valence-corrected chi connectivity index (χ1v) is 8.26. The van der Waals surface area contributed by atoms with Gasteiger partial charge < -0.3 is 10.6 Å². The Hall–Kier alpha value is -1.35. The molecule has 0 saturated heterocycles. The van der Waals surface area contributed by atoms with Crippen molar-refractivity contribution in [3.05, 3.63) is 29.8 Å². The number of carbonyl (C=O) groups excluding carboxylic acids is 1. The lowest BCUT2D eigenvalue weighted by molar-refractivity contribution is -0.118. The van der Waals surface area contributed by atoms with Crippen molar-refractivity contribution in [3.63, 3.8) is 0 Å². The fraction of sp³-hybridized carbons (Fsp3) is 0.611. The number of carbonyl (C=O) groups is 1. The summed E-state index contributed by atoms with van der Waals surface area (Å²) in [4.78, 5) is 12.3. The molecule has 1 saturated carbocycles. The number of hydrogen-bond donors (Lipinski definition) is 2. The summed E-state index contributed by atoms with van der Waals surface area (Å²) in [6.45, 7) is 6.37. The average Bonchev–Trinajstić information content (AvgIpc) is 2.50. The molecule has 1 aliphatic rings. The van der Waals surface area contributed by atoms with Crippen LogP contribution in [0.3, 0.4) is 0 Å². The van der Waals surface area contributed by atoms with E-state index in [-0.39, 0.29) is 11.9 Å². The van der Waals surface area contributed by atoms with Crippen LogP contribution in [0.2, 0.25) is 0 Å². The second-order valence-corrected chi connectivity index (χ2v) is 6.30. The molecule has 116 valence electrons. The monoisotopic (exact) mass is 288 g/mol. The van der Waals surface area contributed by atoms with E-state index in [0.29, 0.717) is 12.0 Å². The summed E-state index contributed by atoms with van der Waals surface area (Å²) < 4.78 is 0. The summed E-state index contributed by atoms with van der Waals surface area (Å²) in [6.07, 6.45) is 6.07. The van der Waals surface area contributed by atoms with E-state index in [0.717, 1.165) is 12.1 Å². The Morgan fingerprint density at radius 3 is 2.52 bits per heavy atom. The minimum Gasteiger partial charge on any atom is -0.325 e. The molecule has 2 N–H and O–H groups in total. The highest BCUT2D eigenvalue weighted by Crippen LogP contribution is 2.24. The molecule has 3 atom stereocenters. The van der Waals surface area contributed by atoms with Gasteiger partial charge in [0.2, 0.25) is 5.91 Å². The lowest BCUT2D eigenvalue weighted by Crippen LogP contribution is -2.47. The fourth-order valence-corrected chi connectivity index (χ4v) is 3.03. The van der Waals surface area contributed by atoms with Crippen LogP contribution in [0.1, 0.15) is 52.0 Å². The van der Waals surface area contributed by atoms with Crippen LogP contribution in [-0.4, -0.2) is 18.0 Å². The predicted octanol–water partition coefficient (Wildman–Crippen LogP) is 3.74. The van der Waals surface area contributed by atoms with Crippen molar-refractivity contribution in [1.82, 2.24) is 5.32 Å². The summed E-state index contributed by atoms with van der Waals surface area (Å²) in [7, 11) is 0. The van der Waals surface area contributed by atoms with Gasteiger partial charge in [-0.25, -0.2) is 0 Å². The third-order valence-electron chi connectivity index (χ3n) is 4.60. The van der Waals surface area contributed by atoms with Gasteiger partial charge >= 0.3 is 0 Å². The van der Waals surface area contributed by atoms with E-state index < -0.39 is 0 Å². The molecule has 0 radical (unpaired) electrons. The molecule has 0 spiro atoms. The van der Waals surface area contributed by atoms with Crippen molar-refractivity contribution in [3.8, 4) is 0 Å². The Bertz CT molecular complexity index is 455. The smallest absolute Gasteiger partial charge is 0.241 e. The summed E-state index contributed by atoms with van der Waals surface area (Å²) >= 11 is 0. The third-order valence-corrected chi connectivity index (χ3v) is 4.60. The van der Waals surface area contributed by atoms with E-state index in [2.05, 4.69) is 36.6 Å². The molecule has 1 fully saturated rings. The largest absolute Gasteiger partial charge is 0.325 e. The van der Waals surface area contributed by atoms with Gasteiger partial charge in [-0.3, -0.25) is 4.79 Å². The number of aryl methyl sites for hydroxylation is 1. The minimum absolute atomic E-state index is 0.0528. The van der Waals surface area contributed by atoms with E-state index >= 15 is 0 Å². The summed E-state index contributed by atoms with van der Waals surface area (Å²) in [5.74, 6) is 0.717.